The van der Waals surface area contributed by atoms with Crippen LogP contribution in [0.4, 0.5) is 11.5 Å². The minimum absolute atomic E-state index is 0.612. The van der Waals surface area contributed by atoms with E-state index in [0.717, 1.165) is 44.9 Å². The van der Waals surface area contributed by atoms with Gasteiger partial charge in [-0.1, -0.05) is 0 Å². The lowest BCUT2D eigenvalue weighted by Gasteiger charge is -2.29. The summed E-state index contributed by atoms with van der Waals surface area (Å²) in [4.78, 5) is 26.0. The summed E-state index contributed by atoms with van der Waals surface area (Å²) in [7, 11) is 3.84. The van der Waals surface area contributed by atoms with E-state index in [4.69, 9.17) is 4.74 Å². The maximum Gasteiger partial charge on any atom is 0.215 e. The molecule has 1 amide bonds. The van der Waals surface area contributed by atoms with Gasteiger partial charge in [0.2, 0.25) is 6.41 Å². The van der Waals surface area contributed by atoms with Crippen LogP contribution in [0.15, 0.2) is 6.20 Å². The molecule has 1 aromatic heterocycles. The van der Waals surface area contributed by atoms with Crippen LogP contribution >= 0.6 is 0 Å². The number of rotatable bonds is 6. The van der Waals surface area contributed by atoms with Gasteiger partial charge in [0.1, 0.15) is 5.82 Å². The fraction of sp³-hybridized carbons (Fsp3) is 0.643. The van der Waals surface area contributed by atoms with Crippen LogP contribution in [0.1, 0.15) is 5.82 Å². The van der Waals surface area contributed by atoms with E-state index in [2.05, 4.69) is 14.9 Å². The zero-order chi connectivity index (χ0) is 15.2. The average molecular weight is 293 g/mol. The first-order valence-electron chi connectivity index (χ1n) is 7.15. The van der Waals surface area contributed by atoms with Gasteiger partial charge >= 0.3 is 0 Å². The van der Waals surface area contributed by atoms with Crippen LogP contribution in [0.25, 0.3) is 0 Å². The topological polar surface area (TPSA) is 61.8 Å². The number of aryl methyl sites for hydroxylation is 1. The molecule has 0 N–H and O–H groups in total. The molecule has 2 rings (SSSR count). The highest BCUT2D eigenvalue weighted by atomic mass is 16.5. The van der Waals surface area contributed by atoms with Crippen molar-refractivity contribution in [3.05, 3.63) is 12.0 Å². The molecule has 116 valence electrons. The fourth-order valence-electron chi connectivity index (χ4n) is 2.26. The highest BCUT2D eigenvalue weighted by Crippen LogP contribution is 2.24. The predicted octanol–water partition coefficient (Wildman–Crippen LogP) is 0.146. The van der Waals surface area contributed by atoms with Crippen molar-refractivity contribution in [2.24, 2.45) is 0 Å². The molecule has 2 heterocycles. The number of carbonyl (C=O) groups excluding carboxylic acids is 1. The van der Waals surface area contributed by atoms with Gasteiger partial charge in [-0.05, 0) is 6.92 Å². The Balaban J connectivity index is 2.09. The molecular formula is C14H23N5O2. The summed E-state index contributed by atoms with van der Waals surface area (Å²) in [5.41, 5.74) is 0.842. The van der Waals surface area contributed by atoms with Gasteiger partial charge in [-0.15, -0.1) is 0 Å². The lowest BCUT2D eigenvalue weighted by Crippen LogP contribution is -2.41. The molecule has 7 nitrogen and oxygen atoms in total. The molecule has 1 fully saturated rings. The van der Waals surface area contributed by atoms with Crippen LogP contribution in [-0.4, -0.2) is 74.8 Å². The Morgan fingerprint density at radius 3 is 2.71 bits per heavy atom. The third-order valence-corrected chi connectivity index (χ3v) is 3.51. The van der Waals surface area contributed by atoms with E-state index in [-0.39, 0.29) is 0 Å². The lowest BCUT2D eigenvalue weighted by molar-refractivity contribution is -0.107. The Morgan fingerprint density at radius 1 is 1.38 bits per heavy atom. The Labute approximate surface area is 125 Å². The predicted molar refractivity (Wildman–Crippen MR) is 81.8 cm³/mol. The van der Waals surface area contributed by atoms with Crippen LogP contribution in [-0.2, 0) is 9.53 Å². The van der Waals surface area contributed by atoms with Crippen LogP contribution in [0.2, 0.25) is 0 Å². The number of carbonyl (C=O) groups is 1. The van der Waals surface area contributed by atoms with E-state index in [1.807, 2.05) is 25.9 Å². The maximum atomic E-state index is 11.5. The van der Waals surface area contributed by atoms with Gasteiger partial charge in [0.15, 0.2) is 5.82 Å². The zero-order valence-corrected chi connectivity index (χ0v) is 12.9. The monoisotopic (exact) mass is 293 g/mol. The van der Waals surface area contributed by atoms with Crippen molar-refractivity contribution in [1.29, 1.82) is 0 Å². The Hall–Kier alpha value is -1.73. The SMILES string of the molecule is Cc1ncc(N(C)C)c(N(C=O)CCN2CCOCC2)n1. The van der Waals surface area contributed by atoms with Gasteiger partial charge in [-0.2, -0.15) is 0 Å². The van der Waals surface area contributed by atoms with Crippen LogP contribution < -0.4 is 9.80 Å². The molecule has 7 heteroatoms. The summed E-state index contributed by atoms with van der Waals surface area (Å²) in [6.45, 7) is 6.60. The highest BCUT2D eigenvalue weighted by molar-refractivity contribution is 5.80. The summed E-state index contributed by atoms with van der Waals surface area (Å²) in [5, 5.41) is 0. The molecule has 0 bridgehead atoms. The van der Waals surface area contributed by atoms with Gasteiger partial charge in [-0.3, -0.25) is 14.6 Å². The van der Waals surface area contributed by atoms with Gasteiger partial charge in [0.25, 0.3) is 0 Å². The number of anilines is 2. The second-order valence-corrected chi connectivity index (χ2v) is 5.27. The first-order valence-corrected chi connectivity index (χ1v) is 7.15. The van der Waals surface area contributed by atoms with Crippen molar-refractivity contribution in [2.75, 3.05) is 63.3 Å². The standard InChI is InChI=1S/C14H23N5O2/c1-12-15-10-13(17(2)3)14(16-12)19(11-20)5-4-18-6-8-21-9-7-18/h10-11H,4-9H2,1-3H3. The molecule has 0 aromatic carbocycles. The summed E-state index contributed by atoms with van der Waals surface area (Å²) in [6, 6.07) is 0. The molecule has 1 aliphatic heterocycles. The van der Waals surface area contributed by atoms with E-state index in [9.17, 15) is 4.79 Å². The second kappa shape index (κ2) is 7.33. The van der Waals surface area contributed by atoms with Gasteiger partial charge in [0.05, 0.1) is 25.1 Å². The van der Waals surface area contributed by atoms with Crippen molar-refractivity contribution in [2.45, 2.75) is 6.92 Å². The van der Waals surface area contributed by atoms with Gasteiger partial charge in [-0.25, -0.2) is 9.97 Å². The van der Waals surface area contributed by atoms with Gasteiger partial charge in [0, 0.05) is 40.3 Å². The molecule has 0 radical (unpaired) electrons. The van der Waals surface area contributed by atoms with Crippen molar-refractivity contribution in [1.82, 2.24) is 14.9 Å². The van der Waals surface area contributed by atoms with E-state index in [1.54, 1.807) is 11.1 Å². The molecule has 0 atom stereocenters. The smallest absolute Gasteiger partial charge is 0.215 e. The number of hydrogen-bond donors (Lipinski definition) is 0. The maximum absolute atomic E-state index is 11.5. The fourth-order valence-corrected chi connectivity index (χ4v) is 2.26. The van der Waals surface area contributed by atoms with Crippen LogP contribution in [0, 0.1) is 6.92 Å². The van der Waals surface area contributed by atoms with E-state index in [0.29, 0.717) is 18.2 Å². The van der Waals surface area contributed by atoms with Crippen LogP contribution in [0.3, 0.4) is 0 Å². The van der Waals surface area contributed by atoms with Crippen molar-refractivity contribution < 1.29 is 9.53 Å². The number of morpholine rings is 1. The third kappa shape index (κ3) is 4.12. The van der Waals surface area contributed by atoms with E-state index < -0.39 is 0 Å². The quantitative estimate of drug-likeness (QED) is 0.696. The molecule has 1 saturated heterocycles. The van der Waals surface area contributed by atoms with Crippen molar-refractivity contribution >= 4 is 17.9 Å². The summed E-state index contributed by atoms with van der Waals surface area (Å²) in [5.74, 6) is 1.32. The second-order valence-electron chi connectivity index (χ2n) is 5.27. The third-order valence-electron chi connectivity index (χ3n) is 3.51. The Morgan fingerprint density at radius 2 is 2.10 bits per heavy atom. The molecular weight excluding hydrogens is 270 g/mol. The van der Waals surface area contributed by atoms with Crippen molar-refractivity contribution in [3.8, 4) is 0 Å². The minimum Gasteiger partial charge on any atom is -0.379 e. The summed E-state index contributed by atoms with van der Waals surface area (Å²) < 4.78 is 5.33. The number of nitrogens with zero attached hydrogens (tertiary/aromatic N) is 5. The number of aromatic nitrogens is 2. The summed E-state index contributed by atoms with van der Waals surface area (Å²) in [6.07, 6.45) is 2.60. The summed E-state index contributed by atoms with van der Waals surface area (Å²) >= 11 is 0. The van der Waals surface area contributed by atoms with E-state index in [1.165, 1.54) is 0 Å². The first-order chi connectivity index (χ1) is 10.1. The number of hydrogen-bond acceptors (Lipinski definition) is 6. The molecule has 0 unspecified atom stereocenters. The lowest BCUT2D eigenvalue weighted by atomic mass is 10.3. The first kappa shape index (κ1) is 15.7. The Kier molecular flexibility index (Phi) is 5.46. The average Bonchev–Trinajstić information content (AvgIpc) is 2.49. The molecule has 1 aromatic rings. The van der Waals surface area contributed by atoms with Crippen LogP contribution in [0.5, 0.6) is 0 Å². The zero-order valence-electron chi connectivity index (χ0n) is 12.9. The highest BCUT2D eigenvalue weighted by Gasteiger charge is 2.17. The Bertz CT molecular complexity index is 474. The molecule has 0 aliphatic carbocycles. The van der Waals surface area contributed by atoms with E-state index >= 15 is 0 Å². The normalized spacial score (nSPS) is 15.8. The number of amides is 1. The van der Waals surface area contributed by atoms with Crippen molar-refractivity contribution in [3.63, 3.8) is 0 Å². The molecule has 21 heavy (non-hydrogen) atoms. The molecule has 0 saturated carbocycles. The number of ether oxygens (including phenoxy) is 1. The largest absolute Gasteiger partial charge is 0.379 e. The molecule has 1 aliphatic rings. The molecule has 0 spiro atoms. The minimum atomic E-state index is 0.612. The van der Waals surface area contributed by atoms with Gasteiger partial charge < -0.3 is 9.64 Å².